The molecular weight excluding hydrogens is 352 g/mol. The number of nitrogens with one attached hydrogen (secondary N) is 2. The minimum absolute atomic E-state index is 0.326. The number of thiophene rings is 1. The lowest BCUT2D eigenvalue weighted by Gasteiger charge is -2.09. The monoisotopic (exact) mass is 372 g/mol. The van der Waals surface area contributed by atoms with Crippen LogP contribution in [0.3, 0.4) is 0 Å². The molecule has 6 heteroatoms. The summed E-state index contributed by atoms with van der Waals surface area (Å²) in [5, 5.41) is 3.33. The first kappa shape index (κ1) is 17.5. The molecule has 0 bridgehead atoms. The van der Waals surface area contributed by atoms with Crippen LogP contribution in [0.15, 0.2) is 64.9 Å². The number of anilines is 2. The van der Waals surface area contributed by atoms with Crippen molar-refractivity contribution in [1.82, 2.24) is 0 Å². The van der Waals surface area contributed by atoms with Crippen molar-refractivity contribution in [2.45, 2.75) is 24.6 Å². The van der Waals surface area contributed by atoms with Crippen molar-refractivity contribution in [2.24, 2.45) is 0 Å². The molecule has 0 aliphatic rings. The van der Waals surface area contributed by atoms with Crippen LogP contribution in [0.2, 0.25) is 0 Å². The SMILES string of the molecule is Cc1ccc(CNc2ccc(NS(=O)(=O)c3ccc(C)s3)cc2)cc1. The predicted octanol–water partition coefficient (Wildman–Crippen LogP) is 4.78. The zero-order chi connectivity index (χ0) is 17.9. The standard InChI is InChI=1S/C19H20N2O2S2/c1-14-3-6-16(7-4-14)13-20-17-8-10-18(11-9-17)21-25(22,23)19-12-5-15(2)24-19/h3-12,20-21H,13H2,1-2H3. The third-order valence-corrected chi connectivity index (χ3v) is 6.61. The summed E-state index contributed by atoms with van der Waals surface area (Å²) < 4.78 is 27.6. The molecule has 0 saturated heterocycles. The Hall–Kier alpha value is -2.31. The lowest BCUT2D eigenvalue weighted by atomic mass is 10.1. The lowest BCUT2D eigenvalue weighted by Crippen LogP contribution is -2.11. The van der Waals surface area contributed by atoms with E-state index in [4.69, 9.17) is 0 Å². The molecule has 0 aliphatic carbocycles. The van der Waals surface area contributed by atoms with Gasteiger partial charge in [-0.05, 0) is 55.8 Å². The van der Waals surface area contributed by atoms with E-state index >= 15 is 0 Å². The Kier molecular flexibility index (Phi) is 5.11. The molecule has 3 aromatic rings. The van der Waals surface area contributed by atoms with Gasteiger partial charge in [0.1, 0.15) is 4.21 Å². The molecule has 0 aliphatic heterocycles. The molecule has 130 valence electrons. The number of hydrogen-bond acceptors (Lipinski definition) is 4. The summed E-state index contributed by atoms with van der Waals surface area (Å²) in [7, 11) is -3.52. The maximum atomic E-state index is 12.3. The Morgan fingerprint density at radius 1 is 0.840 bits per heavy atom. The maximum absolute atomic E-state index is 12.3. The molecule has 2 N–H and O–H groups in total. The number of rotatable bonds is 6. The fraction of sp³-hybridized carbons (Fsp3) is 0.158. The Balaban J connectivity index is 1.63. The predicted molar refractivity (Wildman–Crippen MR) is 105 cm³/mol. The van der Waals surface area contributed by atoms with Crippen molar-refractivity contribution < 1.29 is 8.42 Å². The first-order valence-corrected chi connectivity index (χ1v) is 10.2. The van der Waals surface area contributed by atoms with E-state index in [0.29, 0.717) is 9.90 Å². The normalized spacial score (nSPS) is 11.3. The molecule has 0 saturated carbocycles. The van der Waals surface area contributed by atoms with Gasteiger partial charge in [-0.2, -0.15) is 0 Å². The summed E-state index contributed by atoms with van der Waals surface area (Å²) in [5.41, 5.74) is 3.92. The van der Waals surface area contributed by atoms with E-state index in [9.17, 15) is 8.42 Å². The van der Waals surface area contributed by atoms with Crippen molar-refractivity contribution in [3.8, 4) is 0 Å². The average Bonchev–Trinajstić information content (AvgIpc) is 3.03. The summed E-state index contributed by atoms with van der Waals surface area (Å²) in [6, 6.07) is 19.0. The molecule has 0 spiro atoms. The summed E-state index contributed by atoms with van der Waals surface area (Å²) in [6.07, 6.45) is 0. The van der Waals surface area contributed by atoms with Crippen LogP contribution < -0.4 is 10.0 Å². The van der Waals surface area contributed by atoms with Gasteiger partial charge in [0.15, 0.2) is 0 Å². The number of aryl methyl sites for hydroxylation is 2. The Morgan fingerprint density at radius 3 is 2.08 bits per heavy atom. The first-order chi connectivity index (χ1) is 11.9. The minimum atomic E-state index is -3.52. The number of hydrogen-bond donors (Lipinski definition) is 2. The van der Waals surface area contributed by atoms with Gasteiger partial charge in [0, 0.05) is 22.8 Å². The van der Waals surface area contributed by atoms with Crippen LogP contribution in [-0.2, 0) is 16.6 Å². The number of benzene rings is 2. The molecular formula is C19H20N2O2S2. The van der Waals surface area contributed by atoms with E-state index in [-0.39, 0.29) is 0 Å². The van der Waals surface area contributed by atoms with Crippen molar-refractivity contribution in [2.75, 3.05) is 10.0 Å². The molecule has 1 aromatic heterocycles. The molecule has 3 rings (SSSR count). The van der Waals surface area contributed by atoms with Gasteiger partial charge in [-0.1, -0.05) is 29.8 Å². The summed E-state index contributed by atoms with van der Waals surface area (Å²) in [5.74, 6) is 0. The second kappa shape index (κ2) is 7.29. The molecule has 0 unspecified atom stereocenters. The Labute approximate surface area is 152 Å². The molecule has 25 heavy (non-hydrogen) atoms. The maximum Gasteiger partial charge on any atom is 0.271 e. The molecule has 0 amide bonds. The lowest BCUT2D eigenvalue weighted by molar-refractivity contribution is 0.603. The van der Waals surface area contributed by atoms with Gasteiger partial charge in [-0.25, -0.2) is 8.42 Å². The van der Waals surface area contributed by atoms with Gasteiger partial charge in [0.25, 0.3) is 10.0 Å². The van der Waals surface area contributed by atoms with Crippen LogP contribution in [-0.4, -0.2) is 8.42 Å². The largest absolute Gasteiger partial charge is 0.381 e. The number of sulfonamides is 1. The first-order valence-electron chi connectivity index (χ1n) is 7.91. The molecule has 2 aromatic carbocycles. The van der Waals surface area contributed by atoms with Gasteiger partial charge in [-0.15, -0.1) is 11.3 Å². The van der Waals surface area contributed by atoms with Gasteiger partial charge < -0.3 is 5.32 Å². The molecule has 0 radical (unpaired) electrons. The Bertz CT molecular complexity index is 944. The fourth-order valence-corrected chi connectivity index (χ4v) is 4.67. The smallest absolute Gasteiger partial charge is 0.271 e. The van der Waals surface area contributed by atoms with Crippen LogP contribution in [0.4, 0.5) is 11.4 Å². The fourth-order valence-electron chi connectivity index (χ4n) is 2.33. The zero-order valence-electron chi connectivity index (χ0n) is 14.1. The van der Waals surface area contributed by atoms with Crippen molar-refractivity contribution >= 4 is 32.7 Å². The molecule has 1 heterocycles. The second-order valence-electron chi connectivity index (χ2n) is 5.89. The van der Waals surface area contributed by atoms with E-state index in [2.05, 4.69) is 41.2 Å². The summed E-state index contributed by atoms with van der Waals surface area (Å²) in [4.78, 5) is 0.969. The summed E-state index contributed by atoms with van der Waals surface area (Å²) >= 11 is 1.26. The molecule has 0 atom stereocenters. The highest BCUT2D eigenvalue weighted by Crippen LogP contribution is 2.24. The quantitative estimate of drug-likeness (QED) is 0.655. The van der Waals surface area contributed by atoms with Crippen molar-refractivity contribution in [1.29, 1.82) is 0 Å². The summed E-state index contributed by atoms with van der Waals surface area (Å²) in [6.45, 7) is 4.67. The van der Waals surface area contributed by atoms with Crippen LogP contribution in [0.5, 0.6) is 0 Å². The van der Waals surface area contributed by atoms with Crippen LogP contribution in [0.25, 0.3) is 0 Å². The highest BCUT2D eigenvalue weighted by molar-refractivity contribution is 7.94. The van der Waals surface area contributed by atoms with E-state index in [1.807, 2.05) is 19.1 Å². The third kappa shape index (κ3) is 4.61. The van der Waals surface area contributed by atoms with E-state index in [0.717, 1.165) is 17.1 Å². The Morgan fingerprint density at radius 2 is 1.48 bits per heavy atom. The third-order valence-electron chi connectivity index (χ3n) is 3.73. The van der Waals surface area contributed by atoms with Crippen molar-refractivity contribution in [3.05, 3.63) is 76.7 Å². The highest BCUT2D eigenvalue weighted by Gasteiger charge is 2.16. The highest BCUT2D eigenvalue weighted by atomic mass is 32.2. The van der Waals surface area contributed by atoms with E-state index < -0.39 is 10.0 Å². The molecule has 4 nitrogen and oxygen atoms in total. The average molecular weight is 373 g/mol. The van der Waals surface area contributed by atoms with Crippen LogP contribution >= 0.6 is 11.3 Å². The topological polar surface area (TPSA) is 58.2 Å². The van der Waals surface area contributed by atoms with Crippen molar-refractivity contribution in [3.63, 3.8) is 0 Å². The van der Waals surface area contributed by atoms with Crippen LogP contribution in [0, 0.1) is 13.8 Å². The van der Waals surface area contributed by atoms with Crippen LogP contribution in [0.1, 0.15) is 16.0 Å². The van der Waals surface area contributed by atoms with E-state index in [1.165, 1.54) is 22.5 Å². The van der Waals surface area contributed by atoms with Gasteiger partial charge in [0.05, 0.1) is 0 Å². The van der Waals surface area contributed by atoms with E-state index in [1.54, 1.807) is 24.3 Å². The van der Waals surface area contributed by atoms with Gasteiger partial charge in [0.2, 0.25) is 0 Å². The van der Waals surface area contributed by atoms with Gasteiger partial charge in [-0.3, -0.25) is 4.72 Å². The van der Waals surface area contributed by atoms with Gasteiger partial charge >= 0.3 is 0 Å². The minimum Gasteiger partial charge on any atom is -0.381 e. The second-order valence-corrected chi connectivity index (χ2v) is 9.08. The zero-order valence-corrected chi connectivity index (χ0v) is 15.7. The molecule has 0 fully saturated rings.